The van der Waals surface area contributed by atoms with Gasteiger partial charge in [-0.2, -0.15) is 0 Å². The Balaban J connectivity index is 2.87. The fourth-order valence-corrected chi connectivity index (χ4v) is 1.86. The molecule has 5 heteroatoms. The van der Waals surface area contributed by atoms with E-state index < -0.39 is 6.43 Å². The van der Waals surface area contributed by atoms with Crippen LogP contribution < -0.4 is 11.1 Å². The van der Waals surface area contributed by atoms with E-state index in [0.29, 0.717) is 18.0 Å². The molecule has 3 N–H and O–H groups in total. The molecule has 0 aliphatic rings. The molecule has 0 fully saturated rings. The van der Waals surface area contributed by atoms with Crippen LogP contribution in [0.3, 0.4) is 0 Å². The van der Waals surface area contributed by atoms with Gasteiger partial charge in [-0.1, -0.05) is 13.3 Å². The number of halogens is 2. The fraction of sp³-hybridized carbons (Fsp3) is 0.538. The lowest BCUT2D eigenvalue weighted by molar-refractivity contribution is 0.151. The third-order valence-corrected chi connectivity index (χ3v) is 2.68. The summed E-state index contributed by atoms with van der Waals surface area (Å²) < 4.78 is 30.9. The van der Waals surface area contributed by atoms with Crippen molar-refractivity contribution in [3.05, 3.63) is 23.8 Å². The molecule has 0 aromatic heterocycles. The normalized spacial score (nSPS) is 12.7. The largest absolute Gasteiger partial charge is 0.399 e. The van der Waals surface area contributed by atoms with Crippen LogP contribution in [-0.2, 0) is 4.74 Å². The molecular formula is C13H20F2N2O. The number of hydrogen-bond donors (Lipinski definition) is 2. The Bertz CT molecular complexity index is 366. The molecule has 0 bridgehead atoms. The maximum absolute atomic E-state index is 12.9. The Labute approximate surface area is 106 Å². The molecule has 1 rings (SSSR count). The van der Waals surface area contributed by atoms with E-state index in [2.05, 4.69) is 5.32 Å². The Kier molecular flexibility index (Phi) is 5.85. The van der Waals surface area contributed by atoms with Gasteiger partial charge in [-0.15, -0.1) is 0 Å². The number of hydrogen-bond acceptors (Lipinski definition) is 3. The topological polar surface area (TPSA) is 47.3 Å². The van der Waals surface area contributed by atoms with Gasteiger partial charge in [-0.3, -0.25) is 0 Å². The smallest absolute Gasteiger partial charge is 0.265 e. The van der Waals surface area contributed by atoms with Crippen molar-refractivity contribution in [2.24, 2.45) is 0 Å². The summed E-state index contributed by atoms with van der Waals surface area (Å²) in [5.74, 6) is 0. The Hall–Kier alpha value is -1.36. The summed E-state index contributed by atoms with van der Waals surface area (Å²) in [5, 5.41) is 3.10. The first kappa shape index (κ1) is 14.7. The highest BCUT2D eigenvalue weighted by Gasteiger charge is 2.16. The lowest BCUT2D eigenvalue weighted by Gasteiger charge is -2.20. The third kappa shape index (κ3) is 4.14. The zero-order valence-electron chi connectivity index (χ0n) is 10.7. The Morgan fingerprint density at radius 1 is 1.39 bits per heavy atom. The summed E-state index contributed by atoms with van der Waals surface area (Å²) in [6, 6.07) is 4.54. The van der Waals surface area contributed by atoms with Gasteiger partial charge in [0.05, 0.1) is 6.61 Å². The van der Waals surface area contributed by atoms with E-state index in [1.54, 1.807) is 19.2 Å². The van der Waals surface area contributed by atoms with Gasteiger partial charge < -0.3 is 15.8 Å². The molecule has 0 aliphatic heterocycles. The highest BCUT2D eigenvalue weighted by molar-refractivity contribution is 5.59. The summed E-state index contributed by atoms with van der Waals surface area (Å²) in [4.78, 5) is 0. The minimum Gasteiger partial charge on any atom is -0.399 e. The molecule has 0 spiro atoms. The number of nitrogens with two attached hydrogens (primary N) is 1. The number of nitrogen functional groups attached to an aromatic ring is 1. The summed E-state index contributed by atoms with van der Waals surface area (Å²) in [6.45, 7) is 2.53. The first-order chi connectivity index (χ1) is 8.58. The third-order valence-electron chi connectivity index (χ3n) is 2.68. The average molecular weight is 258 g/mol. The number of anilines is 2. The van der Waals surface area contributed by atoms with Crippen molar-refractivity contribution in [3.63, 3.8) is 0 Å². The van der Waals surface area contributed by atoms with Gasteiger partial charge in [0.2, 0.25) is 0 Å². The van der Waals surface area contributed by atoms with Crippen molar-refractivity contribution in [1.82, 2.24) is 0 Å². The number of rotatable bonds is 7. The van der Waals surface area contributed by atoms with Crippen LogP contribution in [0.1, 0.15) is 31.8 Å². The molecule has 0 amide bonds. The van der Waals surface area contributed by atoms with E-state index in [9.17, 15) is 8.78 Å². The second kappa shape index (κ2) is 7.16. The number of benzene rings is 1. The Morgan fingerprint density at radius 3 is 2.67 bits per heavy atom. The van der Waals surface area contributed by atoms with Crippen molar-refractivity contribution in [1.29, 1.82) is 0 Å². The van der Waals surface area contributed by atoms with Gasteiger partial charge in [-0.25, -0.2) is 8.78 Å². The first-order valence-corrected chi connectivity index (χ1v) is 6.01. The minimum absolute atomic E-state index is 0.0288. The van der Waals surface area contributed by atoms with Gasteiger partial charge in [0.1, 0.15) is 0 Å². The molecule has 1 aromatic rings. The van der Waals surface area contributed by atoms with E-state index in [4.69, 9.17) is 10.5 Å². The zero-order chi connectivity index (χ0) is 13.5. The molecule has 102 valence electrons. The number of alkyl halides is 2. The SMILES string of the molecule is CCCC(COC)Nc1ccc(N)cc1C(F)F. The van der Waals surface area contributed by atoms with Gasteiger partial charge in [-0.05, 0) is 24.6 Å². The van der Waals surface area contributed by atoms with E-state index in [0.717, 1.165) is 12.8 Å². The maximum atomic E-state index is 12.9. The van der Waals surface area contributed by atoms with Crippen molar-refractivity contribution in [3.8, 4) is 0 Å². The molecule has 18 heavy (non-hydrogen) atoms. The zero-order valence-corrected chi connectivity index (χ0v) is 10.7. The molecular weight excluding hydrogens is 238 g/mol. The lowest BCUT2D eigenvalue weighted by Crippen LogP contribution is -2.25. The molecule has 1 atom stereocenters. The molecule has 0 radical (unpaired) electrons. The summed E-state index contributed by atoms with van der Waals surface area (Å²) in [5.41, 5.74) is 6.23. The van der Waals surface area contributed by atoms with Crippen molar-refractivity contribution in [2.75, 3.05) is 24.8 Å². The van der Waals surface area contributed by atoms with Crippen molar-refractivity contribution < 1.29 is 13.5 Å². The monoisotopic (exact) mass is 258 g/mol. The summed E-state index contributed by atoms with van der Waals surface area (Å²) >= 11 is 0. The second-order valence-electron chi connectivity index (χ2n) is 4.23. The molecule has 1 unspecified atom stereocenters. The summed E-state index contributed by atoms with van der Waals surface area (Å²) in [7, 11) is 1.60. The quantitative estimate of drug-likeness (QED) is 0.736. The predicted molar refractivity (Wildman–Crippen MR) is 70.0 cm³/mol. The lowest BCUT2D eigenvalue weighted by atomic mass is 10.1. The van der Waals surface area contributed by atoms with E-state index >= 15 is 0 Å². The molecule has 3 nitrogen and oxygen atoms in total. The predicted octanol–water partition coefficient (Wildman–Crippen LogP) is 3.43. The van der Waals surface area contributed by atoms with E-state index in [-0.39, 0.29) is 11.6 Å². The van der Waals surface area contributed by atoms with Crippen molar-refractivity contribution >= 4 is 11.4 Å². The summed E-state index contributed by atoms with van der Waals surface area (Å²) in [6.07, 6.45) is -0.721. The second-order valence-corrected chi connectivity index (χ2v) is 4.23. The molecule has 1 aromatic carbocycles. The van der Waals surface area contributed by atoms with Crippen LogP contribution in [0.5, 0.6) is 0 Å². The van der Waals surface area contributed by atoms with Gasteiger partial charge in [0, 0.05) is 30.1 Å². The van der Waals surface area contributed by atoms with Crippen LogP contribution in [0, 0.1) is 0 Å². The fourth-order valence-electron chi connectivity index (χ4n) is 1.86. The van der Waals surface area contributed by atoms with Crippen LogP contribution in [-0.4, -0.2) is 19.8 Å². The standard InChI is InChI=1S/C13H20F2N2O/c1-3-4-10(8-18-2)17-12-6-5-9(16)7-11(12)13(14)15/h5-7,10,13,17H,3-4,8,16H2,1-2H3. The maximum Gasteiger partial charge on any atom is 0.265 e. The van der Waals surface area contributed by atoms with Crippen LogP contribution >= 0.6 is 0 Å². The molecule has 0 heterocycles. The average Bonchev–Trinajstić information content (AvgIpc) is 2.32. The minimum atomic E-state index is -2.54. The van der Waals surface area contributed by atoms with E-state index in [1.165, 1.54) is 6.07 Å². The first-order valence-electron chi connectivity index (χ1n) is 6.01. The van der Waals surface area contributed by atoms with Crippen LogP contribution in [0.25, 0.3) is 0 Å². The van der Waals surface area contributed by atoms with Gasteiger partial charge in [0.25, 0.3) is 6.43 Å². The number of ether oxygens (including phenoxy) is 1. The number of methoxy groups -OCH3 is 1. The highest BCUT2D eigenvalue weighted by Crippen LogP contribution is 2.29. The highest BCUT2D eigenvalue weighted by atomic mass is 19.3. The van der Waals surface area contributed by atoms with Crippen molar-refractivity contribution in [2.45, 2.75) is 32.2 Å². The van der Waals surface area contributed by atoms with Crippen LogP contribution in [0.15, 0.2) is 18.2 Å². The molecule has 0 saturated heterocycles. The molecule has 0 saturated carbocycles. The van der Waals surface area contributed by atoms with Crippen LogP contribution in [0.2, 0.25) is 0 Å². The van der Waals surface area contributed by atoms with Crippen LogP contribution in [0.4, 0.5) is 20.2 Å². The van der Waals surface area contributed by atoms with Gasteiger partial charge >= 0.3 is 0 Å². The molecule has 0 aliphatic carbocycles. The Morgan fingerprint density at radius 2 is 2.11 bits per heavy atom. The van der Waals surface area contributed by atoms with Gasteiger partial charge in [0.15, 0.2) is 0 Å². The number of nitrogens with one attached hydrogen (secondary N) is 1. The van der Waals surface area contributed by atoms with E-state index in [1.807, 2.05) is 6.92 Å².